The molecule has 0 bridgehead atoms. The Labute approximate surface area is 92.1 Å². The second-order valence-electron chi connectivity index (χ2n) is 3.28. The summed E-state index contributed by atoms with van der Waals surface area (Å²) in [6, 6.07) is 1.53. The maximum absolute atomic E-state index is 11.4. The van der Waals surface area contributed by atoms with Gasteiger partial charge in [0.15, 0.2) is 5.69 Å². The quantitative estimate of drug-likeness (QED) is 0.728. The van der Waals surface area contributed by atoms with E-state index in [-0.39, 0.29) is 5.91 Å². The van der Waals surface area contributed by atoms with Crippen LogP contribution in [-0.4, -0.2) is 27.6 Å². The van der Waals surface area contributed by atoms with E-state index in [1.807, 2.05) is 0 Å². The highest BCUT2D eigenvalue weighted by Crippen LogP contribution is 1.96. The Balaban J connectivity index is 1.67. The molecule has 2 N–H and O–H groups in total. The van der Waals surface area contributed by atoms with Crippen LogP contribution in [0.2, 0.25) is 0 Å². The maximum atomic E-state index is 11.4. The van der Waals surface area contributed by atoms with E-state index in [9.17, 15) is 4.79 Å². The first kappa shape index (κ1) is 10.4. The fourth-order valence-electron chi connectivity index (χ4n) is 1.31. The Hall–Kier alpha value is -2.11. The Bertz CT molecular complexity index is 422. The molecule has 0 atom stereocenters. The van der Waals surface area contributed by atoms with Gasteiger partial charge in [-0.2, -0.15) is 0 Å². The van der Waals surface area contributed by atoms with Crippen molar-refractivity contribution in [1.82, 2.24) is 20.4 Å². The molecule has 0 aliphatic heterocycles. The third-order valence-corrected chi connectivity index (χ3v) is 2.10. The minimum atomic E-state index is -0.215. The van der Waals surface area contributed by atoms with Gasteiger partial charge in [0, 0.05) is 31.4 Å². The molecule has 1 amide bonds. The number of nitrogens with zero attached hydrogens (tertiary/aromatic N) is 2. The molecule has 0 aliphatic rings. The topological polar surface area (TPSA) is 83.8 Å². The highest BCUT2D eigenvalue weighted by molar-refractivity contribution is 5.91. The number of carbonyl (C=O) groups is 1. The lowest BCUT2D eigenvalue weighted by atomic mass is 10.3. The number of carbonyl (C=O) groups excluding carboxylic acids is 1. The number of aromatic amines is 1. The molecule has 2 aromatic heterocycles. The number of aromatic nitrogens is 3. The van der Waals surface area contributed by atoms with Crippen molar-refractivity contribution in [3.8, 4) is 0 Å². The van der Waals surface area contributed by atoms with E-state index >= 15 is 0 Å². The predicted molar refractivity (Wildman–Crippen MR) is 55.7 cm³/mol. The first-order chi connectivity index (χ1) is 7.86. The van der Waals surface area contributed by atoms with Crippen molar-refractivity contribution in [1.29, 1.82) is 0 Å². The molecule has 0 saturated heterocycles. The number of imidazole rings is 1. The number of rotatable bonds is 5. The van der Waals surface area contributed by atoms with Crippen molar-refractivity contribution >= 4 is 5.91 Å². The van der Waals surface area contributed by atoms with Crippen LogP contribution in [0.1, 0.15) is 22.7 Å². The number of amides is 1. The van der Waals surface area contributed by atoms with E-state index < -0.39 is 0 Å². The van der Waals surface area contributed by atoms with Crippen molar-refractivity contribution in [3.63, 3.8) is 0 Å². The molecule has 84 valence electrons. The molecule has 0 spiro atoms. The first-order valence-corrected chi connectivity index (χ1v) is 5.03. The summed E-state index contributed by atoms with van der Waals surface area (Å²) in [5, 5.41) is 6.28. The van der Waals surface area contributed by atoms with E-state index in [0.717, 1.165) is 18.7 Å². The van der Waals surface area contributed by atoms with E-state index in [0.29, 0.717) is 12.2 Å². The van der Waals surface area contributed by atoms with Crippen molar-refractivity contribution in [2.45, 2.75) is 12.8 Å². The van der Waals surface area contributed by atoms with Crippen molar-refractivity contribution in [2.75, 3.05) is 6.54 Å². The van der Waals surface area contributed by atoms with Crippen LogP contribution in [0.15, 0.2) is 29.2 Å². The predicted octanol–water partition coefficient (Wildman–Crippen LogP) is 0.760. The van der Waals surface area contributed by atoms with Crippen molar-refractivity contribution < 1.29 is 9.32 Å². The van der Waals surface area contributed by atoms with Crippen LogP contribution in [0, 0.1) is 0 Å². The van der Waals surface area contributed by atoms with Crippen LogP contribution < -0.4 is 5.32 Å². The highest BCUT2D eigenvalue weighted by atomic mass is 16.5. The van der Waals surface area contributed by atoms with Crippen molar-refractivity contribution in [2.24, 2.45) is 0 Å². The summed E-state index contributed by atoms with van der Waals surface area (Å²) < 4.78 is 4.58. The summed E-state index contributed by atoms with van der Waals surface area (Å²) in [7, 11) is 0. The Kier molecular flexibility index (Phi) is 3.32. The Morgan fingerprint density at radius 3 is 3.19 bits per heavy atom. The number of aryl methyl sites for hydroxylation is 1. The lowest BCUT2D eigenvalue weighted by Crippen LogP contribution is -2.25. The summed E-state index contributed by atoms with van der Waals surface area (Å²) in [5.74, 6) is 0.712. The molecule has 6 nitrogen and oxygen atoms in total. The third kappa shape index (κ3) is 2.69. The minimum Gasteiger partial charge on any atom is -0.364 e. The Morgan fingerprint density at radius 1 is 1.56 bits per heavy atom. The molecule has 2 aromatic rings. The van der Waals surface area contributed by atoms with Crippen LogP contribution in [-0.2, 0) is 6.42 Å². The van der Waals surface area contributed by atoms with E-state index in [4.69, 9.17) is 0 Å². The maximum Gasteiger partial charge on any atom is 0.273 e. The van der Waals surface area contributed by atoms with Gasteiger partial charge in [0.05, 0.1) is 0 Å². The zero-order valence-electron chi connectivity index (χ0n) is 8.64. The van der Waals surface area contributed by atoms with Crippen LogP contribution in [0.5, 0.6) is 0 Å². The molecule has 16 heavy (non-hydrogen) atoms. The lowest BCUT2D eigenvalue weighted by Gasteiger charge is -2.01. The van der Waals surface area contributed by atoms with Gasteiger partial charge in [-0.05, 0) is 6.42 Å². The molecule has 6 heteroatoms. The highest BCUT2D eigenvalue weighted by Gasteiger charge is 2.07. The minimum absolute atomic E-state index is 0.215. The molecule has 0 aliphatic carbocycles. The van der Waals surface area contributed by atoms with Gasteiger partial charge in [0.25, 0.3) is 5.91 Å². The summed E-state index contributed by atoms with van der Waals surface area (Å²) >= 11 is 0. The fraction of sp³-hybridized carbons (Fsp3) is 0.300. The zero-order chi connectivity index (χ0) is 11.2. The molecule has 0 radical (unpaired) electrons. The van der Waals surface area contributed by atoms with E-state index in [1.54, 1.807) is 12.4 Å². The number of H-pyrrole nitrogens is 1. The second kappa shape index (κ2) is 5.11. The van der Waals surface area contributed by atoms with Gasteiger partial charge in [0.1, 0.15) is 12.1 Å². The summed E-state index contributed by atoms with van der Waals surface area (Å²) in [6.45, 7) is 0.590. The normalized spacial score (nSPS) is 10.2. The van der Waals surface area contributed by atoms with Gasteiger partial charge in [-0.1, -0.05) is 5.16 Å². The summed E-state index contributed by atoms with van der Waals surface area (Å²) in [6.07, 6.45) is 6.51. The number of hydrogen-bond acceptors (Lipinski definition) is 4. The molecule has 0 saturated carbocycles. The van der Waals surface area contributed by atoms with Crippen LogP contribution in [0.4, 0.5) is 0 Å². The largest absolute Gasteiger partial charge is 0.364 e. The lowest BCUT2D eigenvalue weighted by molar-refractivity contribution is 0.0944. The second-order valence-corrected chi connectivity index (χ2v) is 3.28. The average molecular weight is 220 g/mol. The van der Waals surface area contributed by atoms with Gasteiger partial charge in [-0.15, -0.1) is 0 Å². The zero-order valence-corrected chi connectivity index (χ0v) is 8.64. The SMILES string of the molecule is O=C(NCCCc1ncc[nH]1)c1ccon1. The Morgan fingerprint density at radius 2 is 2.50 bits per heavy atom. The first-order valence-electron chi connectivity index (χ1n) is 5.03. The van der Waals surface area contributed by atoms with Gasteiger partial charge >= 0.3 is 0 Å². The number of hydrogen-bond donors (Lipinski definition) is 2. The van der Waals surface area contributed by atoms with E-state index in [1.165, 1.54) is 12.3 Å². The average Bonchev–Trinajstić information content (AvgIpc) is 2.96. The van der Waals surface area contributed by atoms with Crippen LogP contribution in [0.3, 0.4) is 0 Å². The smallest absolute Gasteiger partial charge is 0.273 e. The number of nitrogens with one attached hydrogen (secondary N) is 2. The van der Waals surface area contributed by atoms with Crippen LogP contribution >= 0.6 is 0 Å². The molecular formula is C10H12N4O2. The molecule has 2 heterocycles. The van der Waals surface area contributed by atoms with Gasteiger partial charge in [-0.3, -0.25) is 4.79 Å². The molecule has 0 unspecified atom stereocenters. The summed E-state index contributed by atoms with van der Waals surface area (Å²) in [4.78, 5) is 18.5. The van der Waals surface area contributed by atoms with E-state index in [2.05, 4.69) is 25.0 Å². The third-order valence-electron chi connectivity index (χ3n) is 2.10. The molecule has 0 fully saturated rings. The molecule has 0 aromatic carbocycles. The van der Waals surface area contributed by atoms with Gasteiger partial charge in [-0.25, -0.2) is 4.98 Å². The van der Waals surface area contributed by atoms with Gasteiger partial charge in [0.2, 0.25) is 0 Å². The fourth-order valence-corrected chi connectivity index (χ4v) is 1.31. The van der Waals surface area contributed by atoms with Crippen LogP contribution in [0.25, 0.3) is 0 Å². The van der Waals surface area contributed by atoms with Crippen molar-refractivity contribution in [3.05, 3.63) is 36.2 Å². The molecular weight excluding hydrogens is 208 g/mol. The monoisotopic (exact) mass is 220 g/mol. The standard InChI is InChI=1S/C10H12N4O2/c15-10(8-3-7-16-14-8)13-4-1-2-9-11-5-6-12-9/h3,5-7H,1-2,4H2,(H,11,12)(H,13,15). The molecule has 2 rings (SSSR count). The summed E-state index contributed by atoms with van der Waals surface area (Å²) in [5.41, 5.74) is 0.304. The van der Waals surface area contributed by atoms with Gasteiger partial charge < -0.3 is 14.8 Å².